The third kappa shape index (κ3) is 3.57. The van der Waals surface area contributed by atoms with Crippen LogP contribution in [-0.2, 0) is 5.41 Å². The van der Waals surface area contributed by atoms with Gasteiger partial charge < -0.3 is 4.42 Å². The zero-order valence-electron chi connectivity index (χ0n) is 22.9. The van der Waals surface area contributed by atoms with E-state index in [4.69, 9.17) is 19.4 Å². The Balaban J connectivity index is 1.40. The van der Waals surface area contributed by atoms with Gasteiger partial charge in [-0.3, -0.25) is 0 Å². The molecule has 2 aromatic heterocycles. The second-order valence-corrected chi connectivity index (χ2v) is 10.9. The molecule has 0 spiro atoms. The van der Waals surface area contributed by atoms with Crippen LogP contribution in [0.2, 0.25) is 0 Å². The van der Waals surface area contributed by atoms with Crippen LogP contribution in [0.15, 0.2) is 120 Å². The van der Waals surface area contributed by atoms with E-state index >= 15 is 0 Å². The van der Waals surface area contributed by atoms with Gasteiger partial charge in [0.2, 0.25) is 0 Å². The molecule has 8 rings (SSSR count). The van der Waals surface area contributed by atoms with E-state index in [1.165, 1.54) is 22.3 Å². The molecule has 41 heavy (non-hydrogen) atoms. The SMILES string of the molecule is CCC1(C)c2ccccc2-c2cc3c(cc21)oc1cccc(-c2nc(-c4ccccc4)nc(-c4ccccc4)n2)c13. The van der Waals surface area contributed by atoms with Crippen molar-refractivity contribution in [1.82, 2.24) is 15.0 Å². The first-order valence-electron chi connectivity index (χ1n) is 14.1. The van der Waals surface area contributed by atoms with Crippen LogP contribution in [0.25, 0.3) is 67.2 Å². The van der Waals surface area contributed by atoms with E-state index in [0.717, 1.165) is 45.0 Å². The minimum absolute atomic E-state index is 0.0503. The standard InChI is InChI=1S/C37H27N3O/c1-3-37(2)29-19-11-10-17-25(29)27-21-28-32(22-30(27)37)41-31-20-12-18-26(33(28)31)36-39-34(23-13-6-4-7-14-23)38-35(40-36)24-15-8-5-9-16-24/h4-22H,3H2,1-2H3. The molecule has 1 aliphatic rings. The number of nitrogens with zero attached hydrogens (tertiary/aromatic N) is 3. The number of rotatable bonds is 4. The van der Waals surface area contributed by atoms with Gasteiger partial charge in [0, 0.05) is 32.9 Å². The summed E-state index contributed by atoms with van der Waals surface area (Å²) in [7, 11) is 0. The van der Waals surface area contributed by atoms with Crippen molar-refractivity contribution in [3.63, 3.8) is 0 Å². The molecule has 0 aliphatic heterocycles. The molecule has 5 aromatic carbocycles. The summed E-state index contributed by atoms with van der Waals surface area (Å²) < 4.78 is 6.54. The zero-order chi connectivity index (χ0) is 27.6. The lowest BCUT2D eigenvalue weighted by Gasteiger charge is -2.25. The summed E-state index contributed by atoms with van der Waals surface area (Å²) in [5.41, 5.74) is 9.79. The topological polar surface area (TPSA) is 51.8 Å². The molecule has 0 fully saturated rings. The van der Waals surface area contributed by atoms with Crippen molar-refractivity contribution in [3.8, 4) is 45.3 Å². The lowest BCUT2D eigenvalue weighted by molar-refractivity contribution is 0.563. The average molecular weight is 530 g/mol. The fourth-order valence-electron chi connectivity index (χ4n) is 6.39. The summed E-state index contributed by atoms with van der Waals surface area (Å²) >= 11 is 0. The molecule has 0 saturated carbocycles. The van der Waals surface area contributed by atoms with E-state index in [2.05, 4.69) is 56.3 Å². The van der Waals surface area contributed by atoms with E-state index in [9.17, 15) is 0 Å². The molecule has 0 saturated heterocycles. The van der Waals surface area contributed by atoms with Crippen molar-refractivity contribution < 1.29 is 4.42 Å². The summed E-state index contributed by atoms with van der Waals surface area (Å²) in [6.07, 6.45) is 1.02. The summed E-state index contributed by atoms with van der Waals surface area (Å²) in [4.78, 5) is 14.9. The van der Waals surface area contributed by atoms with E-state index in [-0.39, 0.29) is 5.41 Å². The first-order valence-corrected chi connectivity index (χ1v) is 14.1. The van der Waals surface area contributed by atoms with Gasteiger partial charge in [0.1, 0.15) is 11.2 Å². The van der Waals surface area contributed by atoms with Crippen LogP contribution in [0.3, 0.4) is 0 Å². The number of hydrogen-bond donors (Lipinski definition) is 0. The first kappa shape index (κ1) is 23.8. The zero-order valence-corrected chi connectivity index (χ0v) is 22.9. The van der Waals surface area contributed by atoms with Crippen LogP contribution in [0, 0.1) is 0 Å². The van der Waals surface area contributed by atoms with Crippen LogP contribution < -0.4 is 0 Å². The Bertz CT molecular complexity index is 2040. The van der Waals surface area contributed by atoms with E-state index < -0.39 is 0 Å². The molecule has 4 heteroatoms. The quantitative estimate of drug-likeness (QED) is 0.228. The van der Waals surface area contributed by atoms with Gasteiger partial charge in [-0.1, -0.05) is 111 Å². The van der Waals surface area contributed by atoms with Crippen molar-refractivity contribution >= 4 is 21.9 Å². The highest BCUT2D eigenvalue weighted by molar-refractivity contribution is 6.13. The number of hydrogen-bond acceptors (Lipinski definition) is 4. The molecule has 196 valence electrons. The van der Waals surface area contributed by atoms with Crippen molar-refractivity contribution in [3.05, 3.63) is 126 Å². The molecule has 7 aromatic rings. The molecule has 1 aliphatic carbocycles. The summed E-state index contributed by atoms with van der Waals surface area (Å²) in [5.74, 6) is 1.92. The van der Waals surface area contributed by atoms with Gasteiger partial charge in [0.15, 0.2) is 17.5 Å². The van der Waals surface area contributed by atoms with E-state index in [1.807, 2.05) is 72.8 Å². The minimum Gasteiger partial charge on any atom is -0.456 e. The highest BCUT2D eigenvalue weighted by atomic mass is 16.3. The molecule has 1 atom stereocenters. The molecule has 0 amide bonds. The van der Waals surface area contributed by atoms with Crippen molar-refractivity contribution in [2.45, 2.75) is 25.7 Å². The monoisotopic (exact) mass is 529 g/mol. The smallest absolute Gasteiger partial charge is 0.164 e. The number of benzene rings is 5. The van der Waals surface area contributed by atoms with Gasteiger partial charge >= 0.3 is 0 Å². The molecule has 2 heterocycles. The molecule has 0 bridgehead atoms. The maximum atomic E-state index is 6.54. The second-order valence-electron chi connectivity index (χ2n) is 10.9. The number of furan rings is 1. The van der Waals surface area contributed by atoms with Crippen molar-refractivity contribution in [2.75, 3.05) is 0 Å². The van der Waals surface area contributed by atoms with E-state index in [1.54, 1.807) is 0 Å². The van der Waals surface area contributed by atoms with Gasteiger partial charge in [0.05, 0.1) is 0 Å². The van der Waals surface area contributed by atoms with Gasteiger partial charge in [-0.05, 0) is 46.9 Å². The van der Waals surface area contributed by atoms with Crippen LogP contribution in [0.5, 0.6) is 0 Å². The predicted octanol–water partition coefficient (Wildman–Crippen LogP) is 9.47. The Morgan fingerprint density at radius 1 is 0.561 bits per heavy atom. The lowest BCUT2D eigenvalue weighted by atomic mass is 9.78. The third-order valence-corrected chi connectivity index (χ3v) is 8.69. The largest absolute Gasteiger partial charge is 0.456 e. The fourth-order valence-corrected chi connectivity index (χ4v) is 6.39. The van der Waals surface area contributed by atoms with Crippen molar-refractivity contribution in [2.24, 2.45) is 0 Å². The summed E-state index contributed by atoms with van der Waals surface area (Å²) in [6.45, 7) is 4.61. The fraction of sp³-hybridized carbons (Fsp3) is 0.108. The molecule has 0 radical (unpaired) electrons. The van der Waals surface area contributed by atoms with Crippen LogP contribution >= 0.6 is 0 Å². The minimum atomic E-state index is -0.0503. The Morgan fingerprint density at radius 3 is 1.85 bits per heavy atom. The normalized spacial score (nSPS) is 15.8. The molecule has 4 nitrogen and oxygen atoms in total. The maximum Gasteiger partial charge on any atom is 0.164 e. The first-order chi connectivity index (χ1) is 20.1. The molecular formula is C37H27N3O. The van der Waals surface area contributed by atoms with Crippen molar-refractivity contribution in [1.29, 1.82) is 0 Å². The number of aromatic nitrogens is 3. The Hall–Kier alpha value is -5.09. The Morgan fingerprint density at radius 2 is 1.17 bits per heavy atom. The third-order valence-electron chi connectivity index (χ3n) is 8.69. The molecule has 0 N–H and O–H groups in total. The lowest BCUT2D eigenvalue weighted by Crippen LogP contribution is -2.18. The summed E-state index contributed by atoms with van der Waals surface area (Å²) in [6, 6.07) is 39.7. The predicted molar refractivity (Wildman–Crippen MR) is 166 cm³/mol. The van der Waals surface area contributed by atoms with Gasteiger partial charge in [-0.2, -0.15) is 0 Å². The van der Waals surface area contributed by atoms with Gasteiger partial charge in [0.25, 0.3) is 0 Å². The Kier molecular flexibility index (Phi) is 5.20. The molecule has 1 unspecified atom stereocenters. The summed E-state index contributed by atoms with van der Waals surface area (Å²) in [5, 5.41) is 2.10. The van der Waals surface area contributed by atoms with Gasteiger partial charge in [-0.25, -0.2) is 15.0 Å². The van der Waals surface area contributed by atoms with Crippen LogP contribution in [-0.4, -0.2) is 15.0 Å². The Labute approximate surface area is 238 Å². The van der Waals surface area contributed by atoms with Crippen LogP contribution in [0.4, 0.5) is 0 Å². The molecular weight excluding hydrogens is 502 g/mol. The second kappa shape index (κ2) is 8.97. The maximum absolute atomic E-state index is 6.54. The van der Waals surface area contributed by atoms with Crippen LogP contribution in [0.1, 0.15) is 31.4 Å². The van der Waals surface area contributed by atoms with Gasteiger partial charge in [-0.15, -0.1) is 0 Å². The highest BCUT2D eigenvalue weighted by Gasteiger charge is 2.38. The number of fused-ring (bicyclic) bond motifs is 6. The highest BCUT2D eigenvalue weighted by Crippen LogP contribution is 2.52. The average Bonchev–Trinajstić information content (AvgIpc) is 3.53. The van der Waals surface area contributed by atoms with E-state index in [0.29, 0.717) is 17.5 Å².